The van der Waals surface area contributed by atoms with E-state index in [0.29, 0.717) is 17.3 Å². The molecule has 106 valence electrons. The number of carbonyl (C=O) groups is 1. The molecule has 0 saturated carbocycles. The molecular weight excluding hydrogens is 264 g/mol. The van der Waals surface area contributed by atoms with Gasteiger partial charge in [0.1, 0.15) is 0 Å². The van der Waals surface area contributed by atoms with Gasteiger partial charge in [-0.25, -0.2) is 0 Å². The quantitative estimate of drug-likeness (QED) is 0.873. The van der Waals surface area contributed by atoms with Crippen molar-refractivity contribution >= 4 is 23.2 Å². The fourth-order valence-corrected chi connectivity index (χ4v) is 1.85. The lowest BCUT2D eigenvalue weighted by Crippen LogP contribution is -2.46. The van der Waals surface area contributed by atoms with Gasteiger partial charge in [-0.2, -0.15) is 0 Å². The van der Waals surface area contributed by atoms with E-state index < -0.39 is 5.60 Å². The van der Waals surface area contributed by atoms with E-state index in [4.69, 9.17) is 11.6 Å². The summed E-state index contributed by atoms with van der Waals surface area (Å²) in [5, 5.41) is 13.2. The van der Waals surface area contributed by atoms with Gasteiger partial charge in [0.05, 0.1) is 11.6 Å². The van der Waals surface area contributed by atoms with Gasteiger partial charge >= 0.3 is 0 Å². The standard InChI is InChI=1S/C14H21ClN2O2/c1-10(17(4)9-14(2,3)19)13(18)16-12-7-5-11(15)6-8-12/h5-8,10,19H,9H2,1-4H3,(H,16,18). The number of benzene rings is 1. The van der Waals surface area contributed by atoms with Crippen LogP contribution in [-0.2, 0) is 4.79 Å². The van der Waals surface area contributed by atoms with Gasteiger partial charge in [-0.1, -0.05) is 11.6 Å². The summed E-state index contributed by atoms with van der Waals surface area (Å²) in [5.74, 6) is -0.117. The summed E-state index contributed by atoms with van der Waals surface area (Å²) in [5.41, 5.74) is -0.123. The van der Waals surface area contributed by atoms with Crippen molar-refractivity contribution in [1.82, 2.24) is 4.90 Å². The van der Waals surface area contributed by atoms with Crippen molar-refractivity contribution in [3.8, 4) is 0 Å². The Kier molecular flexibility index (Phi) is 5.35. The summed E-state index contributed by atoms with van der Waals surface area (Å²) in [6.07, 6.45) is 0. The van der Waals surface area contributed by atoms with E-state index in [-0.39, 0.29) is 11.9 Å². The zero-order chi connectivity index (χ0) is 14.6. The highest BCUT2D eigenvalue weighted by Gasteiger charge is 2.23. The summed E-state index contributed by atoms with van der Waals surface area (Å²) in [7, 11) is 1.81. The van der Waals surface area contributed by atoms with Gasteiger partial charge in [0.2, 0.25) is 5.91 Å². The van der Waals surface area contributed by atoms with Gasteiger partial charge in [-0.3, -0.25) is 9.69 Å². The molecule has 19 heavy (non-hydrogen) atoms. The fraction of sp³-hybridized carbons (Fsp3) is 0.500. The van der Waals surface area contributed by atoms with Crippen molar-refractivity contribution < 1.29 is 9.90 Å². The molecule has 1 atom stereocenters. The molecule has 1 amide bonds. The molecule has 1 unspecified atom stereocenters. The van der Waals surface area contributed by atoms with Gasteiger partial charge < -0.3 is 10.4 Å². The molecule has 0 bridgehead atoms. The number of hydrogen-bond donors (Lipinski definition) is 2. The smallest absolute Gasteiger partial charge is 0.241 e. The van der Waals surface area contributed by atoms with Gasteiger partial charge in [0, 0.05) is 17.3 Å². The summed E-state index contributed by atoms with van der Waals surface area (Å²) in [6, 6.07) is 6.62. The Hall–Kier alpha value is -1.10. The Morgan fingerprint density at radius 1 is 1.42 bits per heavy atom. The van der Waals surface area contributed by atoms with Crippen LogP contribution < -0.4 is 5.32 Å². The van der Waals surface area contributed by atoms with E-state index in [1.165, 1.54) is 0 Å². The normalized spacial score (nSPS) is 13.4. The van der Waals surface area contributed by atoms with Crippen LogP contribution in [0.1, 0.15) is 20.8 Å². The van der Waals surface area contributed by atoms with E-state index in [1.807, 2.05) is 11.9 Å². The van der Waals surface area contributed by atoms with Gasteiger partial charge in [-0.05, 0) is 52.1 Å². The summed E-state index contributed by atoms with van der Waals surface area (Å²) in [4.78, 5) is 13.9. The van der Waals surface area contributed by atoms with Crippen LogP contribution in [-0.4, -0.2) is 41.1 Å². The zero-order valence-electron chi connectivity index (χ0n) is 11.8. The SMILES string of the molecule is CC(C(=O)Nc1ccc(Cl)cc1)N(C)CC(C)(C)O. The molecule has 0 fully saturated rings. The second-order valence-corrected chi connectivity index (χ2v) is 5.84. The van der Waals surface area contributed by atoms with E-state index in [0.717, 1.165) is 0 Å². The van der Waals surface area contributed by atoms with Crippen molar-refractivity contribution in [3.63, 3.8) is 0 Å². The lowest BCUT2D eigenvalue weighted by Gasteiger charge is -2.29. The summed E-state index contributed by atoms with van der Waals surface area (Å²) < 4.78 is 0. The molecule has 0 aliphatic carbocycles. The maximum Gasteiger partial charge on any atom is 0.241 e. The third-order valence-corrected chi connectivity index (χ3v) is 3.04. The minimum Gasteiger partial charge on any atom is -0.389 e. The Bertz CT molecular complexity index is 426. The first-order chi connectivity index (χ1) is 8.69. The number of halogens is 1. The van der Waals surface area contributed by atoms with E-state index >= 15 is 0 Å². The molecule has 0 saturated heterocycles. The highest BCUT2D eigenvalue weighted by molar-refractivity contribution is 6.30. The Labute approximate surface area is 119 Å². The van der Waals surface area contributed by atoms with Crippen LogP contribution in [0.5, 0.6) is 0 Å². The third kappa shape index (κ3) is 5.59. The first kappa shape index (κ1) is 16.0. The average Bonchev–Trinajstić information content (AvgIpc) is 2.28. The maximum absolute atomic E-state index is 12.1. The van der Waals surface area contributed by atoms with E-state index in [2.05, 4.69) is 5.32 Å². The number of amides is 1. The number of hydrogen-bond acceptors (Lipinski definition) is 3. The van der Waals surface area contributed by atoms with Gasteiger partial charge in [0.15, 0.2) is 0 Å². The molecule has 1 aromatic rings. The predicted molar refractivity (Wildman–Crippen MR) is 78.5 cm³/mol. The molecule has 1 rings (SSSR count). The topological polar surface area (TPSA) is 52.6 Å². The Morgan fingerprint density at radius 2 is 1.95 bits per heavy atom. The number of rotatable bonds is 5. The molecule has 0 heterocycles. The molecule has 0 aliphatic rings. The number of aliphatic hydroxyl groups is 1. The zero-order valence-corrected chi connectivity index (χ0v) is 12.5. The lowest BCUT2D eigenvalue weighted by atomic mass is 10.1. The Balaban J connectivity index is 2.59. The molecular formula is C14H21ClN2O2. The van der Waals surface area contributed by atoms with E-state index in [1.54, 1.807) is 45.0 Å². The summed E-state index contributed by atoms with van der Waals surface area (Å²) >= 11 is 5.79. The second-order valence-electron chi connectivity index (χ2n) is 5.40. The summed E-state index contributed by atoms with van der Waals surface area (Å²) in [6.45, 7) is 5.65. The molecule has 2 N–H and O–H groups in total. The lowest BCUT2D eigenvalue weighted by molar-refractivity contribution is -0.121. The van der Waals surface area contributed by atoms with Crippen LogP contribution in [0.3, 0.4) is 0 Å². The third-order valence-electron chi connectivity index (χ3n) is 2.79. The van der Waals surface area contributed by atoms with E-state index in [9.17, 15) is 9.90 Å². The molecule has 5 heteroatoms. The largest absolute Gasteiger partial charge is 0.389 e. The molecule has 0 spiro atoms. The Morgan fingerprint density at radius 3 is 2.42 bits per heavy atom. The minimum atomic E-state index is -0.830. The number of nitrogens with zero attached hydrogens (tertiary/aromatic N) is 1. The monoisotopic (exact) mass is 284 g/mol. The highest BCUT2D eigenvalue weighted by atomic mass is 35.5. The van der Waals surface area contributed by atoms with Crippen LogP contribution in [0.25, 0.3) is 0 Å². The fourth-order valence-electron chi connectivity index (χ4n) is 1.73. The van der Waals surface area contributed by atoms with Crippen LogP contribution in [0.15, 0.2) is 24.3 Å². The van der Waals surface area contributed by atoms with Crippen LogP contribution in [0.4, 0.5) is 5.69 Å². The van der Waals surface area contributed by atoms with Crippen molar-refractivity contribution in [1.29, 1.82) is 0 Å². The molecule has 4 nitrogen and oxygen atoms in total. The second kappa shape index (κ2) is 6.37. The minimum absolute atomic E-state index is 0.117. The van der Waals surface area contributed by atoms with Crippen LogP contribution in [0, 0.1) is 0 Å². The van der Waals surface area contributed by atoms with Crippen LogP contribution in [0.2, 0.25) is 5.02 Å². The van der Waals surface area contributed by atoms with Gasteiger partial charge in [-0.15, -0.1) is 0 Å². The molecule has 0 aliphatic heterocycles. The highest BCUT2D eigenvalue weighted by Crippen LogP contribution is 2.14. The number of carbonyl (C=O) groups excluding carboxylic acids is 1. The first-order valence-corrected chi connectivity index (χ1v) is 6.56. The maximum atomic E-state index is 12.1. The molecule has 0 aromatic heterocycles. The van der Waals surface area contributed by atoms with Crippen molar-refractivity contribution in [2.24, 2.45) is 0 Å². The van der Waals surface area contributed by atoms with Gasteiger partial charge in [0.25, 0.3) is 0 Å². The average molecular weight is 285 g/mol. The number of anilines is 1. The van der Waals surface area contributed by atoms with Crippen molar-refractivity contribution in [2.45, 2.75) is 32.4 Å². The van der Waals surface area contributed by atoms with Crippen LogP contribution >= 0.6 is 11.6 Å². The molecule has 0 radical (unpaired) electrons. The van der Waals surface area contributed by atoms with Crippen molar-refractivity contribution in [2.75, 3.05) is 18.9 Å². The van der Waals surface area contributed by atoms with Crippen molar-refractivity contribution in [3.05, 3.63) is 29.3 Å². The number of nitrogens with one attached hydrogen (secondary N) is 1. The molecule has 1 aromatic carbocycles. The predicted octanol–water partition coefficient (Wildman–Crippen LogP) is 2.37. The first-order valence-electron chi connectivity index (χ1n) is 6.18. The number of likely N-dealkylation sites (N-methyl/N-ethyl adjacent to an activating group) is 1.